The fraction of sp³-hybridized carbons (Fsp3) is 0.278. The minimum atomic E-state index is -0.0704. The van der Waals surface area contributed by atoms with Gasteiger partial charge in [-0.1, -0.05) is 37.3 Å². The summed E-state index contributed by atoms with van der Waals surface area (Å²) in [5.41, 5.74) is 1.90. The van der Waals surface area contributed by atoms with Crippen LogP contribution in [0, 0.1) is 5.92 Å². The van der Waals surface area contributed by atoms with E-state index in [0.717, 1.165) is 17.0 Å². The molecule has 0 aliphatic heterocycles. The van der Waals surface area contributed by atoms with Crippen LogP contribution in [0.25, 0.3) is 0 Å². The van der Waals surface area contributed by atoms with Crippen LogP contribution >= 0.6 is 12.4 Å². The second-order valence-electron chi connectivity index (χ2n) is 5.25. The molecule has 124 valence electrons. The first kappa shape index (κ1) is 19.0. The summed E-state index contributed by atoms with van der Waals surface area (Å²) in [4.78, 5) is 11.9. The van der Waals surface area contributed by atoms with Gasteiger partial charge in [-0.3, -0.25) is 4.79 Å². The van der Waals surface area contributed by atoms with Crippen molar-refractivity contribution in [3.05, 3.63) is 60.2 Å². The Balaban J connectivity index is 0.00000264. The van der Waals surface area contributed by atoms with Crippen LogP contribution < -0.4 is 15.4 Å². The van der Waals surface area contributed by atoms with Crippen LogP contribution in [0.2, 0.25) is 0 Å². The maximum atomic E-state index is 11.9. The standard InChI is InChI=1S/C18H22N2O2.ClH/c1-14(12-19-2)18(21)20-16-8-10-17(11-9-16)22-13-15-6-4-3-5-7-15;/h3-11,14,19H,12-13H2,1-2H3,(H,20,21);1H. The highest BCUT2D eigenvalue weighted by Crippen LogP contribution is 2.17. The molecular formula is C18H23ClN2O2. The van der Waals surface area contributed by atoms with Gasteiger partial charge in [0.2, 0.25) is 5.91 Å². The molecule has 23 heavy (non-hydrogen) atoms. The van der Waals surface area contributed by atoms with Crippen LogP contribution in [-0.4, -0.2) is 19.5 Å². The summed E-state index contributed by atoms with van der Waals surface area (Å²) < 4.78 is 5.72. The van der Waals surface area contributed by atoms with Gasteiger partial charge in [-0.05, 0) is 36.9 Å². The van der Waals surface area contributed by atoms with Crippen molar-refractivity contribution in [2.24, 2.45) is 5.92 Å². The molecule has 2 N–H and O–H groups in total. The SMILES string of the molecule is CNCC(C)C(=O)Nc1ccc(OCc2ccccc2)cc1.Cl. The number of halogens is 1. The molecule has 0 aliphatic carbocycles. The van der Waals surface area contributed by atoms with Gasteiger partial charge < -0.3 is 15.4 Å². The normalized spacial score (nSPS) is 11.2. The lowest BCUT2D eigenvalue weighted by molar-refractivity contribution is -0.119. The number of amides is 1. The smallest absolute Gasteiger partial charge is 0.228 e. The van der Waals surface area contributed by atoms with Crippen LogP contribution in [0.4, 0.5) is 5.69 Å². The first-order valence-electron chi connectivity index (χ1n) is 7.41. The van der Waals surface area contributed by atoms with Crippen LogP contribution in [0.15, 0.2) is 54.6 Å². The molecule has 0 bridgehead atoms. The molecule has 1 atom stereocenters. The molecule has 0 aliphatic rings. The first-order valence-corrected chi connectivity index (χ1v) is 7.41. The van der Waals surface area contributed by atoms with Gasteiger partial charge in [0.25, 0.3) is 0 Å². The number of rotatable bonds is 7. The summed E-state index contributed by atoms with van der Waals surface area (Å²) in [6.07, 6.45) is 0. The topological polar surface area (TPSA) is 50.4 Å². The Hall–Kier alpha value is -2.04. The van der Waals surface area contributed by atoms with Gasteiger partial charge in [0, 0.05) is 18.2 Å². The van der Waals surface area contributed by atoms with Crippen LogP contribution in [0.1, 0.15) is 12.5 Å². The zero-order valence-electron chi connectivity index (χ0n) is 13.4. The van der Waals surface area contributed by atoms with E-state index in [9.17, 15) is 4.79 Å². The van der Waals surface area contributed by atoms with Crippen molar-refractivity contribution >= 4 is 24.0 Å². The van der Waals surface area contributed by atoms with Gasteiger partial charge in [-0.2, -0.15) is 0 Å². The highest BCUT2D eigenvalue weighted by molar-refractivity contribution is 5.92. The van der Waals surface area contributed by atoms with Crippen molar-refractivity contribution < 1.29 is 9.53 Å². The predicted octanol–water partition coefficient (Wildman–Crippen LogP) is 3.48. The van der Waals surface area contributed by atoms with Crippen molar-refractivity contribution in [2.45, 2.75) is 13.5 Å². The quantitative estimate of drug-likeness (QED) is 0.815. The monoisotopic (exact) mass is 334 g/mol. The van der Waals surface area contributed by atoms with E-state index in [1.807, 2.05) is 68.6 Å². The van der Waals surface area contributed by atoms with Gasteiger partial charge in [0.1, 0.15) is 12.4 Å². The number of carbonyl (C=O) groups excluding carboxylic acids is 1. The largest absolute Gasteiger partial charge is 0.489 e. The Kier molecular flexibility index (Phi) is 8.16. The molecule has 4 nitrogen and oxygen atoms in total. The van der Waals surface area contributed by atoms with E-state index < -0.39 is 0 Å². The fourth-order valence-electron chi connectivity index (χ4n) is 2.04. The van der Waals surface area contributed by atoms with E-state index in [1.54, 1.807) is 0 Å². The van der Waals surface area contributed by atoms with Gasteiger partial charge in [0.15, 0.2) is 0 Å². The Morgan fingerprint density at radius 3 is 2.35 bits per heavy atom. The van der Waals surface area contributed by atoms with Gasteiger partial charge in [-0.15, -0.1) is 12.4 Å². The number of ether oxygens (including phenoxy) is 1. The summed E-state index contributed by atoms with van der Waals surface area (Å²) in [7, 11) is 1.84. The molecule has 2 rings (SSSR count). The molecule has 2 aromatic carbocycles. The molecular weight excluding hydrogens is 312 g/mol. The van der Waals surface area contributed by atoms with Gasteiger partial charge >= 0.3 is 0 Å². The van der Waals surface area contributed by atoms with E-state index in [4.69, 9.17) is 4.74 Å². The average molecular weight is 335 g/mol. The number of benzene rings is 2. The van der Waals surface area contributed by atoms with E-state index in [1.165, 1.54) is 0 Å². The van der Waals surface area contributed by atoms with Gasteiger partial charge in [-0.25, -0.2) is 0 Å². The highest BCUT2D eigenvalue weighted by Gasteiger charge is 2.11. The molecule has 0 aromatic heterocycles. The molecule has 0 spiro atoms. The van der Waals surface area contributed by atoms with Crippen molar-refractivity contribution in [3.63, 3.8) is 0 Å². The molecule has 0 radical (unpaired) electrons. The molecule has 0 saturated carbocycles. The Morgan fingerprint density at radius 2 is 1.74 bits per heavy atom. The molecule has 0 saturated heterocycles. The number of hydrogen-bond acceptors (Lipinski definition) is 3. The Labute approximate surface area is 143 Å². The fourth-order valence-corrected chi connectivity index (χ4v) is 2.04. The third kappa shape index (κ3) is 6.30. The van der Waals surface area contributed by atoms with Gasteiger partial charge in [0.05, 0.1) is 0 Å². The second-order valence-corrected chi connectivity index (χ2v) is 5.25. The number of hydrogen-bond donors (Lipinski definition) is 2. The molecule has 2 aromatic rings. The van der Waals surface area contributed by atoms with E-state index in [2.05, 4.69) is 10.6 Å². The second kappa shape index (κ2) is 9.87. The van der Waals surface area contributed by atoms with Crippen LogP contribution in [0.3, 0.4) is 0 Å². The Bertz CT molecular complexity index is 588. The molecule has 1 unspecified atom stereocenters. The third-order valence-corrected chi connectivity index (χ3v) is 3.33. The first-order chi connectivity index (χ1) is 10.7. The van der Waals surface area contributed by atoms with E-state index in [0.29, 0.717) is 13.2 Å². The highest BCUT2D eigenvalue weighted by atomic mass is 35.5. The number of nitrogens with one attached hydrogen (secondary N) is 2. The third-order valence-electron chi connectivity index (χ3n) is 3.33. The van der Waals surface area contributed by atoms with Crippen molar-refractivity contribution in [3.8, 4) is 5.75 Å². The zero-order valence-corrected chi connectivity index (χ0v) is 14.2. The lowest BCUT2D eigenvalue weighted by Gasteiger charge is -2.12. The molecule has 0 fully saturated rings. The Morgan fingerprint density at radius 1 is 1.09 bits per heavy atom. The summed E-state index contributed by atoms with van der Waals surface area (Å²) in [6.45, 7) is 3.08. The minimum Gasteiger partial charge on any atom is -0.489 e. The lowest BCUT2D eigenvalue weighted by atomic mass is 10.1. The van der Waals surface area contributed by atoms with Crippen LogP contribution in [-0.2, 0) is 11.4 Å². The average Bonchev–Trinajstić information content (AvgIpc) is 2.55. The van der Waals surface area contributed by atoms with Crippen molar-refractivity contribution in [2.75, 3.05) is 18.9 Å². The predicted molar refractivity (Wildman–Crippen MR) is 96.2 cm³/mol. The minimum absolute atomic E-state index is 0. The molecule has 1 amide bonds. The van der Waals surface area contributed by atoms with E-state index >= 15 is 0 Å². The number of anilines is 1. The number of carbonyl (C=O) groups is 1. The maximum Gasteiger partial charge on any atom is 0.228 e. The molecule has 0 heterocycles. The maximum absolute atomic E-state index is 11.9. The summed E-state index contributed by atoms with van der Waals surface area (Å²) >= 11 is 0. The lowest BCUT2D eigenvalue weighted by Crippen LogP contribution is -2.28. The van der Waals surface area contributed by atoms with Crippen molar-refractivity contribution in [1.82, 2.24) is 5.32 Å². The summed E-state index contributed by atoms with van der Waals surface area (Å²) in [6, 6.07) is 17.4. The summed E-state index contributed by atoms with van der Waals surface area (Å²) in [5, 5.41) is 5.89. The van der Waals surface area contributed by atoms with Crippen molar-refractivity contribution in [1.29, 1.82) is 0 Å². The van der Waals surface area contributed by atoms with E-state index in [-0.39, 0.29) is 24.2 Å². The van der Waals surface area contributed by atoms with Crippen LogP contribution in [0.5, 0.6) is 5.75 Å². The molecule has 5 heteroatoms. The summed E-state index contributed by atoms with van der Waals surface area (Å²) in [5.74, 6) is 0.719. The zero-order chi connectivity index (χ0) is 15.8.